The number of amides is 1. The standard InChI is InChI=1S/C13H14ClNO3/c1-18-13(17)10-3-2-9(14)7-11(10)8-4-5-15-12(16)6-8/h2-3,7-8H,4-6H2,1H3,(H,15,16). The van der Waals surface area contributed by atoms with E-state index in [2.05, 4.69) is 5.32 Å². The maximum absolute atomic E-state index is 11.7. The van der Waals surface area contributed by atoms with Crippen molar-refractivity contribution >= 4 is 23.5 Å². The molecule has 0 saturated carbocycles. The molecule has 0 bridgehead atoms. The van der Waals surface area contributed by atoms with Crippen LogP contribution < -0.4 is 5.32 Å². The molecule has 1 unspecified atom stereocenters. The highest BCUT2D eigenvalue weighted by Gasteiger charge is 2.25. The summed E-state index contributed by atoms with van der Waals surface area (Å²) in [4.78, 5) is 23.1. The van der Waals surface area contributed by atoms with E-state index < -0.39 is 5.97 Å². The highest BCUT2D eigenvalue weighted by molar-refractivity contribution is 6.30. The quantitative estimate of drug-likeness (QED) is 0.835. The van der Waals surface area contributed by atoms with Gasteiger partial charge in [0, 0.05) is 18.0 Å². The maximum Gasteiger partial charge on any atom is 0.338 e. The fourth-order valence-electron chi connectivity index (χ4n) is 2.22. The Hall–Kier alpha value is -1.55. The van der Waals surface area contributed by atoms with Gasteiger partial charge in [-0.15, -0.1) is 0 Å². The van der Waals surface area contributed by atoms with Crippen LogP contribution in [0.5, 0.6) is 0 Å². The van der Waals surface area contributed by atoms with E-state index in [-0.39, 0.29) is 11.8 Å². The normalized spacial score (nSPS) is 19.2. The number of hydrogen-bond donors (Lipinski definition) is 1. The van der Waals surface area contributed by atoms with Crippen LogP contribution >= 0.6 is 11.6 Å². The summed E-state index contributed by atoms with van der Waals surface area (Å²) >= 11 is 5.97. The lowest BCUT2D eigenvalue weighted by molar-refractivity contribution is -0.122. The van der Waals surface area contributed by atoms with E-state index in [0.717, 1.165) is 12.0 Å². The Labute approximate surface area is 110 Å². The molecule has 1 aliphatic rings. The topological polar surface area (TPSA) is 55.4 Å². The Bertz CT molecular complexity index is 487. The van der Waals surface area contributed by atoms with Crippen LogP contribution in [0.25, 0.3) is 0 Å². The SMILES string of the molecule is COC(=O)c1ccc(Cl)cc1C1CCNC(=O)C1. The van der Waals surface area contributed by atoms with E-state index in [9.17, 15) is 9.59 Å². The molecule has 1 N–H and O–H groups in total. The second kappa shape index (κ2) is 5.40. The molecule has 4 nitrogen and oxygen atoms in total. The number of ether oxygens (including phenoxy) is 1. The Morgan fingerprint density at radius 1 is 1.50 bits per heavy atom. The molecule has 1 aliphatic heterocycles. The lowest BCUT2D eigenvalue weighted by Gasteiger charge is -2.24. The zero-order valence-electron chi connectivity index (χ0n) is 10.0. The lowest BCUT2D eigenvalue weighted by atomic mass is 9.87. The predicted molar refractivity (Wildman–Crippen MR) is 67.8 cm³/mol. The number of rotatable bonds is 2. The van der Waals surface area contributed by atoms with Gasteiger partial charge in [-0.3, -0.25) is 4.79 Å². The van der Waals surface area contributed by atoms with E-state index in [4.69, 9.17) is 16.3 Å². The van der Waals surface area contributed by atoms with Crippen LogP contribution in [0.1, 0.15) is 34.7 Å². The highest BCUT2D eigenvalue weighted by atomic mass is 35.5. The number of nitrogens with one attached hydrogen (secondary N) is 1. The molecule has 1 amide bonds. The molecule has 5 heteroatoms. The average Bonchev–Trinajstić information content (AvgIpc) is 2.38. The van der Waals surface area contributed by atoms with Gasteiger partial charge in [-0.25, -0.2) is 4.79 Å². The number of esters is 1. The Kier molecular flexibility index (Phi) is 3.87. The summed E-state index contributed by atoms with van der Waals surface area (Å²) in [5, 5.41) is 3.33. The summed E-state index contributed by atoms with van der Waals surface area (Å²) in [6, 6.07) is 5.05. The van der Waals surface area contributed by atoms with Gasteiger partial charge in [0.2, 0.25) is 5.91 Å². The van der Waals surface area contributed by atoms with E-state index in [1.165, 1.54) is 7.11 Å². The van der Waals surface area contributed by atoms with Crippen molar-refractivity contribution in [2.45, 2.75) is 18.8 Å². The predicted octanol–water partition coefficient (Wildman–Crippen LogP) is 2.12. The zero-order valence-corrected chi connectivity index (χ0v) is 10.8. The molecule has 1 heterocycles. The first kappa shape index (κ1) is 12.9. The minimum Gasteiger partial charge on any atom is -0.465 e. The summed E-state index contributed by atoms with van der Waals surface area (Å²) in [5.74, 6) is -0.374. The first-order valence-electron chi connectivity index (χ1n) is 5.76. The molecule has 1 saturated heterocycles. The van der Waals surface area contributed by atoms with Gasteiger partial charge in [0.25, 0.3) is 0 Å². The summed E-state index contributed by atoms with van der Waals surface area (Å²) in [7, 11) is 1.34. The van der Waals surface area contributed by atoms with Crippen molar-refractivity contribution in [1.29, 1.82) is 0 Å². The number of halogens is 1. The van der Waals surface area contributed by atoms with Crippen molar-refractivity contribution in [2.24, 2.45) is 0 Å². The van der Waals surface area contributed by atoms with Gasteiger partial charge >= 0.3 is 5.97 Å². The molecule has 1 aromatic rings. The van der Waals surface area contributed by atoms with Crippen molar-refractivity contribution in [3.05, 3.63) is 34.3 Å². The molecule has 0 spiro atoms. The smallest absolute Gasteiger partial charge is 0.338 e. The number of carbonyl (C=O) groups excluding carboxylic acids is 2. The fraction of sp³-hybridized carbons (Fsp3) is 0.385. The molecule has 1 aromatic carbocycles. The van der Waals surface area contributed by atoms with Gasteiger partial charge < -0.3 is 10.1 Å². The molecule has 96 valence electrons. The van der Waals surface area contributed by atoms with Gasteiger partial charge in [-0.2, -0.15) is 0 Å². The van der Waals surface area contributed by atoms with Crippen molar-refractivity contribution < 1.29 is 14.3 Å². The summed E-state index contributed by atoms with van der Waals surface area (Å²) in [5.41, 5.74) is 1.28. The van der Waals surface area contributed by atoms with Gasteiger partial charge in [0.1, 0.15) is 0 Å². The molecule has 0 radical (unpaired) electrons. The monoisotopic (exact) mass is 267 g/mol. The number of methoxy groups -OCH3 is 1. The molecule has 18 heavy (non-hydrogen) atoms. The largest absolute Gasteiger partial charge is 0.465 e. The second-order valence-corrected chi connectivity index (χ2v) is 4.70. The number of benzene rings is 1. The third-order valence-corrected chi connectivity index (χ3v) is 3.34. The Morgan fingerprint density at radius 3 is 2.94 bits per heavy atom. The zero-order chi connectivity index (χ0) is 13.1. The van der Waals surface area contributed by atoms with Gasteiger partial charge in [-0.05, 0) is 36.1 Å². The second-order valence-electron chi connectivity index (χ2n) is 4.26. The fourth-order valence-corrected chi connectivity index (χ4v) is 2.40. The van der Waals surface area contributed by atoms with Crippen molar-refractivity contribution in [2.75, 3.05) is 13.7 Å². The summed E-state index contributed by atoms with van der Waals surface area (Å²) in [6.07, 6.45) is 1.18. The molecule has 2 rings (SSSR count). The summed E-state index contributed by atoms with van der Waals surface area (Å²) < 4.78 is 4.75. The number of piperidine rings is 1. The van der Waals surface area contributed by atoms with E-state index in [1.54, 1.807) is 18.2 Å². The number of carbonyl (C=O) groups is 2. The van der Waals surface area contributed by atoms with E-state index in [0.29, 0.717) is 23.6 Å². The molecular weight excluding hydrogens is 254 g/mol. The first-order chi connectivity index (χ1) is 8.61. The minimum atomic E-state index is -0.396. The Morgan fingerprint density at radius 2 is 2.28 bits per heavy atom. The van der Waals surface area contributed by atoms with Crippen molar-refractivity contribution in [3.8, 4) is 0 Å². The van der Waals surface area contributed by atoms with Crippen molar-refractivity contribution in [3.63, 3.8) is 0 Å². The molecular formula is C13H14ClNO3. The van der Waals surface area contributed by atoms with Gasteiger partial charge in [0.05, 0.1) is 12.7 Å². The van der Waals surface area contributed by atoms with Gasteiger partial charge in [0.15, 0.2) is 0 Å². The van der Waals surface area contributed by atoms with Crippen LogP contribution in [0.15, 0.2) is 18.2 Å². The minimum absolute atomic E-state index is 0.00189. The molecule has 1 fully saturated rings. The molecule has 1 atom stereocenters. The van der Waals surface area contributed by atoms with Crippen molar-refractivity contribution in [1.82, 2.24) is 5.32 Å². The molecule has 0 aromatic heterocycles. The first-order valence-corrected chi connectivity index (χ1v) is 6.14. The van der Waals surface area contributed by atoms with Crippen LogP contribution in [0.3, 0.4) is 0 Å². The van der Waals surface area contributed by atoms with E-state index >= 15 is 0 Å². The lowest BCUT2D eigenvalue weighted by Crippen LogP contribution is -2.33. The highest BCUT2D eigenvalue weighted by Crippen LogP contribution is 2.31. The third kappa shape index (κ3) is 2.64. The molecule has 0 aliphatic carbocycles. The third-order valence-electron chi connectivity index (χ3n) is 3.11. The van der Waals surface area contributed by atoms with E-state index in [1.807, 2.05) is 0 Å². The number of hydrogen-bond acceptors (Lipinski definition) is 3. The average molecular weight is 268 g/mol. The van der Waals surface area contributed by atoms with Gasteiger partial charge in [-0.1, -0.05) is 11.6 Å². The van der Waals surface area contributed by atoms with Crippen LogP contribution in [-0.4, -0.2) is 25.5 Å². The van der Waals surface area contributed by atoms with Crippen LogP contribution in [0.4, 0.5) is 0 Å². The van der Waals surface area contributed by atoms with Crippen LogP contribution in [0.2, 0.25) is 5.02 Å². The summed E-state index contributed by atoms with van der Waals surface area (Å²) in [6.45, 7) is 0.622. The van der Waals surface area contributed by atoms with Crippen LogP contribution in [-0.2, 0) is 9.53 Å². The van der Waals surface area contributed by atoms with Crippen LogP contribution in [0, 0.1) is 0 Å². The maximum atomic E-state index is 11.7. The Balaban J connectivity index is 2.37.